The van der Waals surface area contributed by atoms with E-state index in [2.05, 4.69) is 15.3 Å². The molecular weight excluding hydrogens is 450 g/mol. The molecule has 3 heterocycles. The van der Waals surface area contributed by atoms with Crippen LogP contribution in [0.3, 0.4) is 0 Å². The van der Waals surface area contributed by atoms with Gasteiger partial charge in [-0.25, -0.2) is 18.7 Å². The van der Waals surface area contributed by atoms with Gasteiger partial charge in [0.2, 0.25) is 5.91 Å². The van der Waals surface area contributed by atoms with Crippen LogP contribution in [0, 0.1) is 11.6 Å². The lowest BCUT2D eigenvalue weighted by molar-refractivity contribution is -0.115. The zero-order chi connectivity index (χ0) is 21.4. The van der Waals surface area contributed by atoms with Gasteiger partial charge >= 0.3 is 0 Å². The van der Waals surface area contributed by atoms with Gasteiger partial charge in [0.1, 0.15) is 4.83 Å². The Morgan fingerprint density at radius 2 is 2.00 bits per heavy atom. The summed E-state index contributed by atoms with van der Waals surface area (Å²) in [6, 6.07) is 5.24. The number of nitrogens with zero attached hydrogens (tertiary/aromatic N) is 3. The lowest BCUT2D eigenvalue weighted by Crippen LogP contribution is -2.25. The van der Waals surface area contributed by atoms with Gasteiger partial charge in [0.25, 0.3) is 5.56 Å². The molecule has 154 valence electrons. The molecule has 4 aromatic rings. The second-order valence-electron chi connectivity index (χ2n) is 6.31. The second kappa shape index (κ2) is 8.25. The van der Waals surface area contributed by atoms with Gasteiger partial charge in [-0.05, 0) is 36.6 Å². The summed E-state index contributed by atoms with van der Waals surface area (Å²) in [5.74, 6) is -2.21. The van der Waals surface area contributed by atoms with Crippen molar-refractivity contribution in [3.05, 3.63) is 57.0 Å². The number of carbonyl (C=O) groups excluding carboxylic acids is 1. The Morgan fingerprint density at radius 1 is 1.20 bits per heavy atom. The molecule has 30 heavy (non-hydrogen) atoms. The fraction of sp³-hybridized carbons (Fsp3) is 0.158. The van der Waals surface area contributed by atoms with E-state index in [0.29, 0.717) is 31.8 Å². The summed E-state index contributed by atoms with van der Waals surface area (Å²) in [5.41, 5.74) is 0.686. The van der Waals surface area contributed by atoms with Gasteiger partial charge in [-0.15, -0.1) is 22.7 Å². The third kappa shape index (κ3) is 4.00. The molecule has 4 rings (SSSR count). The monoisotopic (exact) mass is 464 g/mol. The second-order valence-corrected chi connectivity index (χ2v) is 9.37. The largest absolute Gasteiger partial charge is 0.301 e. The molecule has 0 radical (unpaired) electrons. The smallest absolute Gasteiger partial charge is 0.262 e. The average Bonchev–Trinajstić information content (AvgIpc) is 3.37. The Morgan fingerprint density at radius 3 is 2.77 bits per heavy atom. The Kier molecular flexibility index (Phi) is 5.67. The predicted molar refractivity (Wildman–Crippen MR) is 116 cm³/mol. The highest BCUT2D eigenvalue weighted by molar-refractivity contribution is 8.00. The van der Waals surface area contributed by atoms with E-state index in [1.165, 1.54) is 45.1 Å². The molecule has 0 aliphatic carbocycles. The van der Waals surface area contributed by atoms with Gasteiger partial charge in [0, 0.05) is 18.0 Å². The van der Waals surface area contributed by atoms with Crippen LogP contribution in [0.15, 0.2) is 45.0 Å². The van der Waals surface area contributed by atoms with E-state index in [1.807, 2.05) is 0 Å². The predicted octanol–water partition coefficient (Wildman–Crippen LogP) is 4.52. The molecule has 1 unspecified atom stereocenters. The van der Waals surface area contributed by atoms with Crippen LogP contribution in [0.4, 0.5) is 13.9 Å². The molecule has 1 atom stereocenters. The number of thioether (sulfide) groups is 1. The number of nitrogens with one attached hydrogen (secondary N) is 1. The molecule has 1 amide bonds. The molecule has 1 aromatic carbocycles. The number of hydrogen-bond donors (Lipinski definition) is 1. The van der Waals surface area contributed by atoms with E-state index in [0.717, 1.165) is 12.1 Å². The van der Waals surface area contributed by atoms with Crippen LogP contribution >= 0.6 is 34.4 Å². The van der Waals surface area contributed by atoms with Gasteiger partial charge in [-0.3, -0.25) is 14.2 Å². The summed E-state index contributed by atoms with van der Waals surface area (Å²) in [6.07, 6.45) is 0. The number of carbonyl (C=O) groups is 1. The van der Waals surface area contributed by atoms with Crippen molar-refractivity contribution in [2.24, 2.45) is 7.05 Å². The van der Waals surface area contributed by atoms with Crippen molar-refractivity contribution < 1.29 is 13.6 Å². The first-order valence-corrected chi connectivity index (χ1v) is 11.3. The lowest BCUT2D eigenvalue weighted by atomic mass is 10.2. The quantitative estimate of drug-likeness (QED) is 0.347. The Labute approximate surface area is 181 Å². The van der Waals surface area contributed by atoms with Crippen molar-refractivity contribution in [1.29, 1.82) is 0 Å². The standard InChI is InChI=1S/C19H14F2N4O2S3/c1-9(30-19-24-16-11(5-6-28-16)17(27)25(19)2)15(26)23-18-22-14(8-29-18)10-3-4-12(20)13(21)7-10/h3-9H,1-2H3,(H,22,23,26). The normalized spacial score (nSPS) is 12.3. The Hall–Kier alpha value is -2.63. The summed E-state index contributed by atoms with van der Waals surface area (Å²) in [7, 11) is 1.62. The van der Waals surface area contributed by atoms with Crippen LogP contribution in [0.25, 0.3) is 21.5 Å². The van der Waals surface area contributed by atoms with E-state index in [1.54, 1.807) is 30.8 Å². The first kappa shape index (κ1) is 20.6. The van der Waals surface area contributed by atoms with Crippen molar-refractivity contribution in [2.45, 2.75) is 17.3 Å². The maximum atomic E-state index is 13.4. The zero-order valence-corrected chi connectivity index (χ0v) is 18.1. The highest BCUT2D eigenvalue weighted by atomic mass is 32.2. The van der Waals surface area contributed by atoms with Crippen LogP contribution < -0.4 is 10.9 Å². The highest BCUT2D eigenvalue weighted by Crippen LogP contribution is 2.28. The Bertz CT molecular complexity index is 1310. The van der Waals surface area contributed by atoms with Gasteiger partial charge in [0.15, 0.2) is 21.9 Å². The number of aromatic nitrogens is 3. The fourth-order valence-corrected chi connectivity index (χ4v) is 5.03. The summed E-state index contributed by atoms with van der Waals surface area (Å²) >= 11 is 3.71. The third-order valence-corrected chi connectivity index (χ3v) is 6.97. The molecule has 0 aliphatic rings. The van der Waals surface area contributed by atoms with Crippen LogP contribution in [0.1, 0.15) is 6.92 Å². The fourth-order valence-electron chi connectivity index (χ4n) is 2.62. The number of thiophene rings is 1. The maximum Gasteiger partial charge on any atom is 0.262 e. The van der Waals surface area contributed by atoms with Crippen molar-refractivity contribution >= 4 is 55.7 Å². The van der Waals surface area contributed by atoms with Crippen molar-refractivity contribution in [3.8, 4) is 11.3 Å². The molecule has 3 aromatic heterocycles. The average molecular weight is 465 g/mol. The number of fused-ring (bicyclic) bond motifs is 1. The van der Waals surface area contributed by atoms with Gasteiger partial charge in [-0.2, -0.15) is 0 Å². The van der Waals surface area contributed by atoms with Crippen LogP contribution in [-0.4, -0.2) is 25.7 Å². The number of benzene rings is 1. The van der Waals surface area contributed by atoms with Gasteiger partial charge in [0.05, 0.1) is 16.3 Å². The number of halogens is 2. The van der Waals surface area contributed by atoms with Crippen LogP contribution in [0.5, 0.6) is 0 Å². The van der Waals surface area contributed by atoms with Gasteiger partial charge in [-0.1, -0.05) is 11.8 Å². The summed E-state index contributed by atoms with van der Waals surface area (Å²) in [6.45, 7) is 1.70. The number of hydrogen-bond acceptors (Lipinski definition) is 7. The molecule has 1 N–H and O–H groups in total. The zero-order valence-electron chi connectivity index (χ0n) is 15.7. The van der Waals surface area contributed by atoms with Crippen molar-refractivity contribution in [1.82, 2.24) is 14.5 Å². The SMILES string of the molecule is CC(Sc1nc2sccc2c(=O)n1C)C(=O)Nc1nc(-c2ccc(F)c(F)c2)cs1. The minimum absolute atomic E-state index is 0.160. The van der Waals surface area contributed by atoms with E-state index in [4.69, 9.17) is 0 Å². The molecule has 0 aliphatic heterocycles. The van der Waals surface area contributed by atoms with E-state index < -0.39 is 16.9 Å². The van der Waals surface area contributed by atoms with E-state index >= 15 is 0 Å². The van der Waals surface area contributed by atoms with E-state index in [-0.39, 0.29) is 11.5 Å². The number of anilines is 1. The number of thiazole rings is 1. The van der Waals surface area contributed by atoms with Crippen LogP contribution in [-0.2, 0) is 11.8 Å². The van der Waals surface area contributed by atoms with Gasteiger partial charge < -0.3 is 5.32 Å². The molecule has 0 saturated carbocycles. The first-order chi connectivity index (χ1) is 14.3. The van der Waals surface area contributed by atoms with Crippen molar-refractivity contribution in [2.75, 3.05) is 5.32 Å². The highest BCUT2D eigenvalue weighted by Gasteiger charge is 2.20. The maximum absolute atomic E-state index is 13.4. The summed E-state index contributed by atoms with van der Waals surface area (Å²) < 4.78 is 28.0. The lowest BCUT2D eigenvalue weighted by Gasteiger charge is -2.12. The Balaban J connectivity index is 1.48. The first-order valence-electron chi connectivity index (χ1n) is 8.66. The minimum Gasteiger partial charge on any atom is -0.301 e. The molecule has 0 bridgehead atoms. The van der Waals surface area contributed by atoms with Crippen molar-refractivity contribution in [3.63, 3.8) is 0 Å². The number of rotatable bonds is 5. The number of amides is 1. The van der Waals surface area contributed by atoms with Crippen LogP contribution in [0.2, 0.25) is 0 Å². The molecule has 6 nitrogen and oxygen atoms in total. The minimum atomic E-state index is -0.961. The van der Waals surface area contributed by atoms with E-state index in [9.17, 15) is 18.4 Å². The molecule has 11 heteroatoms. The summed E-state index contributed by atoms with van der Waals surface area (Å²) in [5, 5.41) is 6.95. The molecule has 0 saturated heterocycles. The topological polar surface area (TPSA) is 76.9 Å². The molecule has 0 spiro atoms. The summed E-state index contributed by atoms with van der Waals surface area (Å²) in [4.78, 5) is 34.3. The molecule has 0 fully saturated rings. The molecular formula is C19H14F2N4O2S3. The third-order valence-electron chi connectivity index (χ3n) is 4.27.